The van der Waals surface area contributed by atoms with Gasteiger partial charge in [0, 0.05) is 17.1 Å². The first kappa shape index (κ1) is 20.1. The quantitative estimate of drug-likeness (QED) is 0.305. The van der Waals surface area contributed by atoms with Gasteiger partial charge in [0.05, 0.1) is 12.2 Å². The molecule has 0 aliphatic heterocycles. The largest absolute Gasteiger partial charge is 0.382 e. The average Bonchev–Trinajstić information content (AvgIpc) is 3.42. The molecule has 1 aromatic carbocycles. The molecule has 0 radical (unpaired) electrons. The number of rotatable bonds is 6. The Labute approximate surface area is 178 Å². The number of nitrogens with zero attached hydrogens (tertiary/aromatic N) is 5. The topological polar surface area (TPSA) is 155 Å². The molecule has 4 rings (SSSR count). The molecule has 0 spiro atoms. The van der Waals surface area contributed by atoms with E-state index in [0.29, 0.717) is 22.0 Å². The van der Waals surface area contributed by atoms with Crippen LogP contribution >= 0.6 is 11.3 Å². The van der Waals surface area contributed by atoms with E-state index < -0.39 is 5.91 Å². The highest BCUT2D eigenvalue weighted by Gasteiger charge is 2.19. The van der Waals surface area contributed by atoms with Crippen LogP contribution < -0.4 is 16.8 Å². The molecule has 0 saturated heterocycles. The van der Waals surface area contributed by atoms with Gasteiger partial charge in [0.15, 0.2) is 17.5 Å². The number of hydrogen-bond acceptors (Lipinski definition) is 9. The second-order valence-corrected chi connectivity index (χ2v) is 7.20. The molecule has 1 amide bonds. The minimum Gasteiger partial charge on any atom is -0.382 e. The number of thiazole rings is 1. The van der Waals surface area contributed by atoms with E-state index in [1.54, 1.807) is 35.1 Å². The molecule has 0 aliphatic rings. The first-order chi connectivity index (χ1) is 15.0. The van der Waals surface area contributed by atoms with Gasteiger partial charge in [0.1, 0.15) is 22.2 Å². The summed E-state index contributed by atoms with van der Waals surface area (Å²) in [6.45, 7) is 0.153. The molecule has 12 heteroatoms. The van der Waals surface area contributed by atoms with E-state index in [1.807, 2.05) is 5.38 Å². The summed E-state index contributed by atoms with van der Waals surface area (Å²) in [7, 11) is 0. The number of halogens is 1. The van der Waals surface area contributed by atoms with Gasteiger partial charge in [0.2, 0.25) is 6.29 Å². The number of carbonyl (C=O) groups is 2. The first-order valence-corrected chi connectivity index (χ1v) is 9.75. The summed E-state index contributed by atoms with van der Waals surface area (Å²) in [5.41, 5.74) is 13.1. The summed E-state index contributed by atoms with van der Waals surface area (Å²) in [5.74, 6) is -1.45. The minimum absolute atomic E-state index is 0.0632. The van der Waals surface area contributed by atoms with E-state index in [2.05, 4.69) is 25.4 Å². The van der Waals surface area contributed by atoms with Gasteiger partial charge in [0.25, 0.3) is 5.91 Å². The fourth-order valence-electron chi connectivity index (χ4n) is 2.85. The fourth-order valence-corrected chi connectivity index (χ4v) is 3.51. The van der Waals surface area contributed by atoms with Gasteiger partial charge in [-0.25, -0.2) is 19.3 Å². The number of benzene rings is 1. The van der Waals surface area contributed by atoms with Crippen molar-refractivity contribution in [3.63, 3.8) is 0 Å². The van der Waals surface area contributed by atoms with Crippen molar-refractivity contribution in [2.75, 3.05) is 16.8 Å². The molecule has 4 aromatic rings. The van der Waals surface area contributed by atoms with E-state index in [9.17, 15) is 14.0 Å². The standard InChI is InChI=1S/C19H15FN8O2S/c20-11-4-2-1-3-10(11)8-28-13(19-23-5-6-31-19)7-12(27-28)18-25-16(21)15(17(22)26-18)24-14(30)9-29/h1-7,9H,8H2,(H,24,30)(H4,21,22,25,26). The first-order valence-electron chi connectivity index (χ1n) is 8.87. The third-order valence-electron chi connectivity index (χ3n) is 4.26. The van der Waals surface area contributed by atoms with E-state index in [0.717, 1.165) is 0 Å². The number of nitrogens with one attached hydrogen (secondary N) is 1. The van der Waals surface area contributed by atoms with Gasteiger partial charge in [-0.1, -0.05) is 18.2 Å². The SMILES string of the molecule is Nc1nc(-c2cc(-c3nccs3)n(Cc3ccccc3F)n2)nc(N)c1NC(=O)C=O. The zero-order chi connectivity index (χ0) is 22.0. The fraction of sp³-hybridized carbons (Fsp3) is 0.0526. The molecular weight excluding hydrogens is 423 g/mol. The Balaban J connectivity index is 1.77. The van der Waals surface area contributed by atoms with Crippen LogP contribution in [0.3, 0.4) is 0 Å². The molecular formula is C19H15FN8O2S. The number of nitrogen functional groups attached to an aromatic ring is 2. The number of aldehydes is 1. The molecule has 31 heavy (non-hydrogen) atoms. The van der Waals surface area contributed by atoms with Crippen LogP contribution in [0.15, 0.2) is 41.9 Å². The van der Waals surface area contributed by atoms with E-state index in [4.69, 9.17) is 11.5 Å². The summed E-state index contributed by atoms with van der Waals surface area (Å²) in [6.07, 6.45) is 1.73. The molecule has 156 valence electrons. The molecule has 0 atom stereocenters. The normalized spacial score (nSPS) is 10.7. The number of aromatic nitrogens is 5. The Kier molecular flexibility index (Phi) is 5.37. The van der Waals surface area contributed by atoms with Crippen LogP contribution in [-0.4, -0.2) is 36.9 Å². The van der Waals surface area contributed by atoms with Crippen molar-refractivity contribution < 1.29 is 14.0 Å². The predicted molar refractivity (Wildman–Crippen MR) is 113 cm³/mol. The number of carbonyl (C=O) groups excluding carboxylic acids is 2. The maximum atomic E-state index is 14.2. The lowest BCUT2D eigenvalue weighted by Crippen LogP contribution is -2.17. The Morgan fingerprint density at radius 1 is 1.23 bits per heavy atom. The number of hydrogen-bond donors (Lipinski definition) is 3. The van der Waals surface area contributed by atoms with Crippen molar-refractivity contribution in [2.24, 2.45) is 0 Å². The molecule has 0 bridgehead atoms. The Hall–Kier alpha value is -4.19. The summed E-state index contributed by atoms with van der Waals surface area (Å²) < 4.78 is 15.8. The van der Waals surface area contributed by atoms with Crippen molar-refractivity contribution in [3.05, 3.63) is 53.3 Å². The highest BCUT2D eigenvalue weighted by molar-refractivity contribution is 7.13. The van der Waals surface area contributed by atoms with Crippen molar-refractivity contribution >= 4 is 40.9 Å². The van der Waals surface area contributed by atoms with Crippen molar-refractivity contribution in [2.45, 2.75) is 6.54 Å². The van der Waals surface area contributed by atoms with Crippen LogP contribution in [0.2, 0.25) is 0 Å². The third kappa shape index (κ3) is 4.09. The lowest BCUT2D eigenvalue weighted by molar-refractivity contribution is -0.127. The minimum atomic E-state index is -0.935. The van der Waals surface area contributed by atoms with E-state index in [1.165, 1.54) is 17.4 Å². The zero-order valence-electron chi connectivity index (χ0n) is 15.8. The summed E-state index contributed by atoms with van der Waals surface area (Å²) >= 11 is 1.40. The van der Waals surface area contributed by atoms with Crippen LogP contribution in [0.25, 0.3) is 22.2 Å². The molecule has 0 unspecified atom stereocenters. The molecule has 3 aromatic heterocycles. The lowest BCUT2D eigenvalue weighted by Gasteiger charge is -2.09. The third-order valence-corrected chi connectivity index (χ3v) is 5.05. The zero-order valence-corrected chi connectivity index (χ0v) is 16.6. The van der Waals surface area contributed by atoms with Crippen molar-refractivity contribution in [1.82, 2.24) is 24.7 Å². The molecule has 0 aliphatic carbocycles. The van der Waals surface area contributed by atoms with Gasteiger partial charge >= 0.3 is 0 Å². The van der Waals surface area contributed by atoms with Crippen LogP contribution in [0.4, 0.5) is 21.7 Å². The van der Waals surface area contributed by atoms with Crippen LogP contribution in [0.1, 0.15) is 5.56 Å². The predicted octanol–water partition coefficient (Wildman–Crippen LogP) is 1.95. The van der Waals surface area contributed by atoms with Crippen LogP contribution in [-0.2, 0) is 16.1 Å². The van der Waals surface area contributed by atoms with Gasteiger partial charge < -0.3 is 16.8 Å². The second-order valence-electron chi connectivity index (χ2n) is 6.30. The second kappa shape index (κ2) is 8.28. The average molecular weight is 438 g/mol. The maximum absolute atomic E-state index is 14.2. The molecule has 3 heterocycles. The number of amides is 1. The Bertz CT molecular complexity index is 1250. The van der Waals surface area contributed by atoms with Crippen molar-refractivity contribution in [3.8, 4) is 22.2 Å². The Morgan fingerprint density at radius 2 is 1.97 bits per heavy atom. The molecule has 5 N–H and O–H groups in total. The summed E-state index contributed by atoms with van der Waals surface area (Å²) in [6, 6.07) is 8.08. The van der Waals surface area contributed by atoms with Crippen LogP contribution in [0, 0.1) is 5.82 Å². The van der Waals surface area contributed by atoms with Gasteiger partial charge in [-0.15, -0.1) is 11.3 Å². The number of anilines is 3. The lowest BCUT2D eigenvalue weighted by atomic mass is 10.2. The molecule has 10 nitrogen and oxygen atoms in total. The van der Waals surface area contributed by atoms with Gasteiger partial charge in [-0.05, 0) is 12.1 Å². The molecule has 0 saturated carbocycles. The maximum Gasteiger partial charge on any atom is 0.288 e. The summed E-state index contributed by atoms with van der Waals surface area (Å²) in [5, 5.41) is 9.21. The van der Waals surface area contributed by atoms with Crippen molar-refractivity contribution in [1.29, 1.82) is 0 Å². The highest BCUT2D eigenvalue weighted by atomic mass is 32.1. The highest BCUT2D eigenvalue weighted by Crippen LogP contribution is 2.30. The Morgan fingerprint density at radius 3 is 2.61 bits per heavy atom. The summed E-state index contributed by atoms with van der Waals surface area (Å²) in [4.78, 5) is 34.5. The van der Waals surface area contributed by atoms with Gasteiger partial charge in [-0.3, -0.25) is 14.3 Å². The number of nitrogens with two attached hydrogens (primary N) is 2. The monoisotopic (exact) mass is 438 g/mol. The van der Waals surface area contributed by atoms with Gasteiger partial charge in [-0.2, -0.15) is 5.10 Å². The van der Waals surface area contributed by atoms with E-state index in [-0.39, 0.29) is 41.8 Å². The van der Waals surface area contributed by atoms with E-state index >= 15 is 0 Å². The smallest absolute Gasteiger partial charge is 0.288 e. The van der Waals surface area contributed by atoms with Crippen LogP contribution in [0.5, 0.6) is 0 Å². The molecule has 0 fully saturated rings.